The van der Waals surface area contributed by atoms with E-state index in [0.29, 0.717) is 12.5 Å². The van der Waals surface area contributed by atoms with Crippen LogP contribution in [0.15, 0.2) is 36.7 Å². The van der Waals surface area contributed by atoms with Crippen LogP contribution >= 0.6 is 0 Å². The van der Waals surface area contributed by atoms with E-state index in [4.69, 9.17) is 0 Å². The first-order valence-corrected chi connectivity index (χ1v) is 9.44. The van der Waals surface area contributed by atoms with Crippen molar-refractivity contribution in [3.63, 3.8) is 0 Å². The van der Waals surface area contributed by atoms with Crippen LogP contribution in [0.3, 0.4) is 0 Å². The van der Waals surface area contributed by atoms with Crippen LogP contribution in [0.4, 0.5) is 5.69 Å². The van der Waals surface area contributed by atoms with Crippen LogP contribution in [0.25, 0.3) is 33.2 Å². The van der Waals surface area contributed by atoms with Crippen molar-refractivity contribution in [2.75, 3.05) is 25.0 Å². The van der Waals surface area contributed by atoms with E-state index in [1.807, 2.05) is 31.4 Å². The molecule has 144 valence electrons. The molecule has 0 aliphatic heterocycles. The number of likely N-dealkylation sites (N-methyl/N-ethyl adjacent to an activating group) is 1. The highest BCUT2D eigenvalue weighted by Gasteiger charge is 2.19. The molecule has 0 aliphatic rings. The number of pyridine rings is 1. The lowest BCUT2D eigenvalue weighted by molar-refractivity contribution is -0.107. The van der Waals surface area contributed by atoms with E-state index in [0.717, 1.165) is 51.8 Å². The minimum Gasteiger partial charge on any atom is -0.354 e. The number of aromatic nitrogens is 4. The minimum absolute atomic E-state index is 0.302. The van der Waals surface area contributed by atoms with E-state index in [1.165, 1.54) is 5.56 Å². The lowest BCUT2D eigenvalue weighted by atomic mass is 9.95. The number of carbonyl (C=O) groups excluding carboxylic acids is 1. The third-order valence-corrected chi connectivity index (χ3v) is 5.08. The Labute approximate surface area is 163 Å². The molecule has 0 bridgehead atoms. The zero-order valence-electron chi connectivity index (χ0n) is 16.3. The number of benzene rings is 1. The second-order valence-electron chi connectivity index (χ2n) is 7.19. The van der Waals surface area contributed by atoms with Crippen molar-refractivity contribution in [1.82, 2.24) is 25.5 Å². The van der Waals surface area contributed by atoms with Gasteiger partial charge in [-0.2, -0.15) is 5.10 Å². The van der Waals surface area contributed by atoms with E-state index in [1.54, 1.807) is 11.1 Å². The maximum Gasteiger partial charge on any atom is 0.214 e. The summed E-state index contributed by atoms with van der Waals surface area (Å²) in [7, 11) is 1.88. The fourth-order valence-electron chi connectivity index (χ4n) is 3.74. The normalized spacial score (nSPS) is 11.6. The molecule has 3 heterocycles. The molecule has 0 fully saturated rings. The van der Waals surface area contributed by atoms with Crippen molar-refractivity contribution in [1.29, 1.82) is 0 Å². The van der Waals surface area contributed by atoms with Gasteiger partial charge in [0.1, 0.15) is 0 Å². The molecule has 0 spiro atoms. The Hall–Kier alpha value is -3.19. The van der Waals surface area contributed by atoms with Gasteiger partial charge in [0.15, 0.2) is 5.65 Å². The number of anilines is 1. The third-order valence-electron chi connectivity index (χ3n) is 5.08. The first-order valence-electron chi connectivity index (χ1n) is 9.44. The summed E-state index contributed by atoms with van der Waals surface area (Å²) in [6.07, 6.45) is 4.49. The Morgan fingerprint density at radius 3 is 2.86 bits per heavy atom. The summed E-state index contributed by atoms with van der Waals surface area (Å²) in [4.78, 5) is 21.2. The standard InChI is InChI=1S/C21H24N6O/c1-13(2)19-16-10-14(27(12-28)9-8-22-3)4-5-18(16)25-20(19)15-6-7-23-21-17(15)11-24-26-21/h4-7,10-13,22,25H,8-9H2,1-3H3,(H,23,24,26). The van der Waals surface area contributed by atoms with Gasteiger partial charge in [-0.3, -0.25) is 9.89 Å². The van der Waals surface area contributed by atoms with Crippen LogP contribution in [0.5, 0.6) is 0 Å². The number of hydrogen-bond donors (Lipinski definition) is 3. The van der Waals surface area contributed by atoms with Gasteiger partial charge in [0, 0.05) is 46.8 Å². The lowest BCUT2D eigenvalue weighted by Crippen LogP contribution is -2.29. The molecule has 3 N–H and O–H groups in total. The Morgan fingerprint density at radius 1 is 1.25 bits per heavy atom. The summed E-state index contributed by atoms with van der Waals surface area (Å²) in [5.41, 5.74) is 6.09. The topological polar surface area (TPSA) is 89.7 Å². The molecule has 4 aromatic rings. The number of amides is 1. The van der Waals surface area contributed by atoms with Crippen LogP contribution in [-0.2, 0) is 4.79 Å². The molecule has 7 heteroatoms. The van der Waals surface area contributed by atoms with Gasteiger partial charge in [0.2, 0.25) is 6.41 Å². The molecule has 0 unspecified atom stereocenters. The molecule has 7 nitrogen and oxygen atoms in total. The second-order valence-corrected chi connectivity index (χ2v) is 7.19. The molecule has 4 rings (SSSR count). The van der Waals surface area contributed by atoms with E-state index >= 15 is 0 Å². The van der Waals surface area contributed by atoms with Gasteiger partial charge in [-0.1, -0.05) is 13.8 Å². The van der Waals surface area contributed by atoms with Crippen molar-refractivity contribution in [3.05, 3.63) is 42.2 Å². The fourth-order valence-corrected chi connectivity index (χ4v) is 3.74. The number of hydrogen-bond acceptors (Lipinski definition) is 4. The van der Waals surface area contributed by atoms with Crippen molar-refractivity contribution >= 4 is 34.0 Å². The lowest BCUT2D eigenvalue weighted by Gasteiger charge is -2.17. The summed E-state index contributed by atoms with van der Waals surface area (Å²) < 4.78 is 0. The predicted octanol–water partition coefficient (Wildman–Crippen LogP) is 3.41. The summed E-state index contributed by atoms with van der Waals surface area (Å²) in [5, 5.41) is 12.3. The zero-order valence-corrected chi connectivity index (χ0v) is 16.3. The molecule has 1 amide bonds. The molecule has 1 aromatic carbocycles. The Balaban J connectivity index is 1.90. The Bertz CT molecular complexity index is 1130. The number of nitrogens with zero attached hydrogens (tertiary/aromatic N) is 3. The largest absolute Gasteiger partial charge is 0.354 e. The van der Waals surface area contributed by atoms with Crippen LogP contribution in [0.1, 0.15) is 25.3 Å². The quantitative estimate of drug-likeness (QED) is 0.431. The van der Waals surface area contributed by atoms with Crippen molar-refractivity contribution in [3.8, 4) is 11.3 Å². The van der Waals surface area contributed by atoms with E-state index in [-0.39, 0.29) is 0 Å². The molecule has 3 aromatic heterocycles. The molecular formula is C21H24N6O. The monoisotopic (exact) mass is 376 g/mol. The molecule has 28 heavy (non-hydrogen) atoms. The maximum absolute atomic E-state index is 11.6. The maximum atomic E-state index is 11.6. The minimum atomic E-state index is 0.302. The number of rotatable bonds is 7. The molecule has 0 atom stereocenters. The fraction of sp³-hybridized carbons (Fsp3) is 0.286. The summed E-state index contributed by atoms with van der Waals surface area (Å²) in [6, 6.07) is 8.14. The van der Waals surface area contributed by atoms with Gasteiger partial charge in [-0.25, -0.2) is 4.98 Å². The van der Waals surface area contributed by atoms with Gasteiger partial charge in [0.05, 0.1) is 11.9 Å². The van der Waals surface area contributed by atoms with E-state index < -0.39 is 0 Å². The molecule has 0 saturated heterocycles. The first kappa shape index (κ1) is 18.2. The highest BCUT2D eigenvalue weighted by Crippen LogP contribution is 2.38. The number of nitrogens with one attached hydrogen (secondary N) is 3. The van der Waals surface area contributed by atoms with Crippen molar-refractivity contribution < 1.29 is 4.79 Å². The molecular weight excluding hydrogens is 352 g/mol. The Kier molecular flexibility index (Phi) is 4.83. The van der Waals surface area contributed by atoms with Gasteiger partial charge >= 0.3 is 0 Å². The molecule has 0 aliphatic carbocycles. The van der Waals surface area contributed by atoms with Crippen molar-refractivity contribution in [2.24, 2.45) is 0 Å². The van der Waals surface area contributed by atoms with E-state index in [9.17, 15) is 4.79 Å². The highest BCUT2D eigenvalue weighted by molar-refractivity contribution is 6.00. The van der Waals surface area contributed by atoms with Gasteiger partial charge in [-0.05, 0) is 42.8 Å². The van der Waals surface area contributed by atoms with Crippen LogP contribution in [-0.4, -0.2) is 46.7 Å². The van der Waals surface area contributed by atoms with Gasteiger partial charge in [0.25, 0.3) is 0 Å². The highest BCUT2D eigenvalue weighted by atomic mass is 16.1. The average Bonchev–Trinajstić information content (AvgIpc) is 3.32. The number of aromatic amines is 2. The predicted molar refractivity (Wildman–Crippen MR) is 113 cm³/mol. The molecule has 0 radical (unpaired) electrons. The number of H-pyrrole nitrogens is 2. The van der Waals surface area contributed by atoms with Crippen LogP contribution < -0.4 is 10.2 Å². The van der Waals surface area contributed by atoms with Gasteiger partial charge < -0.3 is 15.2 Å². The smallest absolute Gasteiger partial charge is 0.214 e. The summed E-state index contributed by atoms with van der Waals surface area (Å²) in [5.74, 6) is 0.302. The zero-order chi connectivity index (χ0) is 19.7. The van der Waals surface area contributed by atoms with Crippen molar-refractivity contribution in [2.45, 2.75) is 19.8 Å². The first-order chi connectivity index (χ1) is 13.6. The van der Waals surface area contributed by atoms with Gasteiger partial charge in [-0.15, -0.1) is 0 Å². The Morgan fingerprint density at radius 2 is 2.11 bits per heavy atom. The summed E-state index contributed by atoms with van der Waals surface area (Å²) in [6.45, 7) is 5.73. The van der Waals surface area contributed by atoms with Crippen LogP contribution in [0.2, 0.25) is 0 Å². The SMILES string of the molecule is CNCCN(C=O)c1ccc2[nH]c(-c3ccnc4[nH]ncc34)c(C(C)C)c2c1. The third kappa shape index (κ3) is 3.03. The number of carbonyl (C=O) groups is 1. The summed E-state index contributed by atoms with van der Waals surface area (Å²) >= 11 is 0. The van der Waals surface area contributed by atoms with E-state index in [2.05, 4.69) is 45.4 Å². The molecule has 0 saturated carbocycles. The average molecular weight is 376 g/mol. The number of fused-ring (bicyclic) bond motifs is 2. The van der Waals surface area contributed by atoms with Crippen LogP contribution in [0, 0.1) is 0 Å². The second kappa shape index (κ2) is 7.44.